The van der Waals surface area contributed by atoms with Gasteiger partial charge in [-0.1, -0.05) is 18.7 Å². The maximum atomic E-state index is 12.2. The Hall–Kier alpha value is -2.67. The van der Waals surface area contributed by atoms with Crippen molar-refractivity contribution in [2.75, 3.05) is 6.61 Å². The van der Waals surface area contributed by atoms with E-state index in [1.54, 1.807) is 12.2 Å². The molecule has 0 aromatic carbocycles. The van der Waals surface area contributed by atoms with Crippen LogP contribution in [0.2, 0.25) is 0 Å². The average molecular weight is 390 g/mol. The second-order valence-corrected chi connectivity index (χ2v) is 7.20. The predicted octanol–water partition coefficient (Wildman–Crippen LogP) is 2.16. The summed E-state index contributed by atoms with van der Waals surface area (Å²) in [5, 5.41) is 9.81. The summed E-state index contributed by atoms with van der Waals surface area (Å²) in [6, 6.07) is 0. The highest BCUT2D eigenvalue weighted by Gasteiger charge is 2.44. The van der Waals surface area contributed by atoms with Crippen molar-refractivity contribution in [2.45, 2.75) is 51.9 Å². The van der Waals surface area contributed by atoms with E-state index in [2.05, 4.69) is 13.2 Å². The highest BCUT2D eigenvalue weighted by Crippen LogP contribution is 2.36. The maximum Gasteiger partial charge on any atom is 0.334 e. The molecular weight excluding hydrogens is 364 g/mol. The normalized spacial score (nSPS) is 31.4. The molecule has 2 aliphatic rings. The minimum absolute atomic E-state index is 0.136. The van der Waals surface area contributed by atoms with Gasteiger partial charge in [-0.15, -0.1) is 0 Å². The molecule has 28 heavy (non-hydrogen) atoms. The van der Waals surface area contributed by atoms with E-state index < -0.39 is 42.1 Å². The second kappa shape index (κ2) is 9.01. The van der Waals surface area contributed by atoms with Gasteiger partial charge in [0.05, 0.1) is 12.5 Å². The van der Waals surface area contributed by atoms with Gasteiger partial charge in [-0.2, -0.15) is 0 Å². The first-order valence-electron chi connectivity index (χ1n) is 9.03. The fraction of sp³-hybridized carbons (Fsp3) is 0.476. The van der Waals surface area contributed by atoms with Crippen LogP contribution in [0.3, 0.4) is 0 Å². The van der Waals surface area contributed by atoms with Gasteiger partial charge in [0.15, 0.2) is 0 Å². The van der Waals surface area contributed by atoms with Crippen molar-refractivity contribution in [1.29, 1.82) is 0 Å². The molecule has 0 aromatic heterocycles. The summed E-state index contributed by atoms with van der Waals surface area (Å²) in [5.41, 5.74) is 1.77. The summed E-state index contributed by atoms with van der Waals surface area (Å²) >= 11 is 0. The number of aliphatic hydroxyl groups excluding tert-OH is 1. The predicted molar refractivity (Wildman–Crippen MR) is 101 cm³/mol. The van der Waals surface area contributed by atoms with Gasteiger partial charge in [-0.25, -0.2) is 9.59 Å². The van der Waals surface area contributed by atoms with E-state index in [0.29, 0.717) is 12.0 Å². The molecule has 0 bridgehead atoms. The molecule has 0 amide bonds. The first kappa shape index (κ1) is 21.6. The SMILES string of the molecule is C=C(C)C(=O)O[C@@H]1C/C(CO)=C\[C@@H](OC(C)=O)C/C(C)=C/[C@H]2OC(=O)C(=C)[C@@H]21. The summed E-state index contributed by atoms with van der Waals surface area (Å²) in [7, 11) is 0. The third kappa shape index (κ3) is 5.19. The summed E-state index contributed by atoms with van der Waals surface area (Å²) in [6.07, 6.45) is 1.87. The van der Waals surface area contributed by atoms with Gasteiger partial charge in [0.1, 0.15) is 18.3 Å². The number of carbonyl (C=O) groups excluding carboxylic acids is 3. The molecule has 1 fully saturated rings. The van der Waals surface area contributed by atoms with E-state index in [0.717, 1.165) is 5.57 Å². The van der Waals surface area contributed by atoms with Crippen LogP contribution >= 0.6 is 0 Å². The van der Waals surface area contributed by atoms with E-state index in [1.807, 2.05) is 6.92 Å². The lowest BCUT2D eigenvalue weighted by Gasteiger charge is -2.28. The Morgan fingerprint density at radius 2 is 1.93 bits per heavy atom. The highest BCUT2D eigenvalue weighted by atomic mass is 16.6. The Labute approximate surface area is 164 Å². The number of ether oxygens (including phenoxy) is 3. The fourth-order valence-corrected chi connectivity index (χ4v) is 3.38. The van der Waals surface area contributed by atoms with Crippen LogP contribution in [-0.4, -0.2) is 47.9 Å². The molecule has 0 aromatic rings. The molecule has 0 saturated carbocycles. The molecule has 7 nitrogen and oxygen atoms in total. The fourth-order valence-electron chi connectivity index (χ4n) is 3.38. The van der Waals surface area contributed by atoms with Crippen molar-refractivity contribution >= 4 is 17.9 Å². The number of esters is 3. The molecule has 4 atom stereocenters. The van der Waals surface area contributed by atoms with Crippen LogP contribution < -0.4 is 0 Å². The quantitative estimate of drug-likeness (QED) is 0.340. The molecule has 7 heteroatoms. The van der Waals surface area contributed by atoms with Crippen molar-refractivity contribution in [3.05, 3.63) is 47.6 Å². The van der Waals surface area contributed by atoms with Gasteiger partial charge < -0.3 is 19.3 Å². The summed E-state index contributed by atoms with van der Waals surface area (Å²) in [4.78, 5) is 35.7. The van der Waals surface area contributed by atoms with Crippen molar-refractivity contribution in [3.63, 3.8) is 0 Å². The van der Waals surface area contributed by atoms with Crippen LogP contribution in [0.25, 0.3) is 0 Å². The van der Waals surface area contributed by atoms with Crippen LogP contribution in [0.4, 0.5) is 0 Å². The third-order valence-electron chi connectivity index (χ3n) is 4.65. The summed E-state index contributed by atoms with van der Waals surface area (Å²) in [5.74, 6) is -2.21. The van der Waals surface area contributed by atoms with E-state index in [1.165, 1.54) is 13.8 Å². The standard InChI is InChI=1S/C21H26O7/c1-11(2)20(24)27-18-9-15(10-22)8-16(26-14(5)23)6-12(3)7-17-19(18)13(4)21(25)28-17/h7-8,16-19,22H,1,4,6,9-10H2,2-3,5H3/b12-7+,15-8+/t16-,17+,18+,19-/m0/s1. The lowest BCUT2D eigenvalue weighted by Crippen LogP contribution is -2.34. The molecule has 1 saturated heterocycles. The summed E-state index contributed by atoms with van der Waals surface area (Å²) in [6.45, 7) is 11.7. The molecule has 0 spiro atoms. The lowest BCUT2D eigenvalue weighted by molar-refractivity contribution is -0.147. The van der Waals surface area contributed by atoms with Crippen molar-refractivity contribution in [2.24, 2.45) is 5.92 Å². The van der Waals surface area contributed by atoms with Crippen LogP contribution in [0.15, 0.2) is 47.6 Å². The van der Waals surface area contributed by atoms with Gasteiger partial charge in [-0.3, -0.25) is 4.79 Å². The van der Waals surface area contributed by atoms with Crippen molar-refractivity contribution in [1.82, 2.24) is 0 Å². The maximum absolute atomic E-state index is 12.2. The van der Waals surface area contributed by atoms with Crippen molar-refractivity contribution in [3.8, 4) is 0 Å². The van der Waals surface area contributed by atoms with Gasteiger partial charge in [0, 0.05) is 30.9 Å². The molecule has 1 N–H and O–H groups in total. The van der Waals surface area contributed by atoms with E-state index in [9.17, 15) is 19.5 Å². The molecule has 2 rings (SSSR count). The Morgan fingerprint density at radius 3 is 2.50 bits per heavy atom. The van der Waals surface area contributed by atoms with Crippen LogP contribution in [0, 0.1) is 5.92 Å². The molecule has 0 radical (unpaired) electrons. The Kier molecular flexibility index (Phi) is 6.96. The van der Waals surface area contributed by atoms with Gasteiger partial charge >= 0.3 is 17.9 Å². The zero-order chi connectivity index (χ0) is 21.0. The monoisotopic (exact) mass is 390 g/mol. The minimum Gasteiger partial charge on any atom is -0.458 e. The molecule has 0 unspecified atom stereocenters. The zero-order valence-corrected chi connectivity index (χ0v) is 16.4. The smallest absolute Gasteiger partial charge is 0.334 e. The van der Waals surface area contributed by atoms with Gasteiger partial charge in [-0.05, 0) is 31.6 Å². The number of hydrogen-bond acceptors (Lipinski definition) is 7. The van der Waals surface area contributed by atoms with E-state index >= 15 is 0 Å². The minimum atomic E-state index is -0.799. The van der Waals surface area contributed by atoms with Crippen LogP contribution in [0.1, 0.15) is 33.6 Å². The van der Waals surface area contributed by atoms with Crippen LogP contribution in [-0.2, 0) is 28.6 Å². The van der Waals surface area contributed by atoms with Gasteiger partial charge in [0.2, 0.25) is 0 Å². The molecular formula is C21H26O7. The van der Waals surface area contributed by atoms with Crippen LogP contribution in [0.5, 0.6) is 0 Å². The number of aliphatic hydroxyl groups is 1. The Bertz CT molecular complexity index is 759. The summed E-state index contributed by atoms with van der Waals surface area (Å²) < 4.78 is 16.3. The number of fused-ring (bicyclic) bond motifs is 1. The molecule has 1 heterocycles. The second-order valence-electron chi connectivity index (χ2n) is 7.20. The first-order valence-corrected chi connectivity index (χ1v) is 9.03. The van der Waals surface area contributed by atoms with E-state index in [4.69, 9.17) is 14.2 Å². The number of carbonyl (C=O) groups is 3. The largest absolute Gasteiger partial charge is 0.458 e. The first-order chi connectivity index (χ1) is 13.1. The Balaban J connectivity index is 2.48. The number of rotatable bonds is 4. The van der Waals surface area contributed by atoms with Crippen molar-refractivity contribution < 1.29 is 33.7 Å². The lowest BCUT2D eigenvalue weighted by atomic mass is 9.85. The Morgan fingerprint density at radius 1 is 1.25 bits per heavy atom. The zero-order valence-electron chi connectivity index (χ0n) is 16.4. The van der Waals surface area contributed by atoms with Gasteiger partial charge in [0.25, 0.3) is 0 Å². The third-order valence-corrected chi connectivity index (χ3v) is 4.65. The highest BCUT2D eigenvalue weighted by molar-refractivity contribution is 5.91. The average Bonchev–Trinajstić information content (AvgIpc) is 2.85. The number of hydrogen-bond donors (Lipinski definition) is 1. The topological polar surface area (TPSA) is 99.1 Å². The molecule has 152 valence electrons. The molecule has 1 aliphatic heterocycles. The van der Waals surface area contributed by atoms with E-state index in [-0.39, 0.29) is 24.2 Å². The molecule has 1 aliphatic carbocycles.